The lowest BCUT2D eigenvalue weighted by atomic mass is 10.0. The van der Waals surface area contributed by atoms with Gasteiger partial charge in [-0.3, -0.25) is 4.98 Å². The molecule has 4 heteroatoms. The molecule has 4 nitrogen and oxygen atoms in total. The van der Waals surface area contributed by atoms with Gasteiger partial charge in [-0.05, 0) is 74.7 Å². The number of rotatable bonds is 6. The molecule has 34 heavy (non-hydrogen) atoms. The van der Waals surface area contributed by atoms with Crippen LogP contribution in [0.15, 0.2) is 79.0 Å². The third-order valence-electron chi connectivity index (χ3n) is 6.46. The number of anilines is 4. The van der Waals surface area contributed by atoms with E-state index >= 15 is 0 Å². The molecule has 0 radical (unpaired) electrons. The summed E-state index contributed by atoms with van der Waals surface area (Å²) < 4.78 is 6.35. The number of aromatic nitrogens is 1. The van der Waals surface area contributed by atoms with E-state index in [0.717, 1.165) is 30.2 Å². The Morgan fingerprint density at radius 3 is 2.09 bits per heavy atom. The van der Waals surface area contributed by atoms with Gasteiger partial charge in [0.15, 0.2) is 0 Å². The quantitative estimate of drug-likeness (QED) is 0.312. The molecule has 0 unspecified atom stereocenters. The van der Waals surface area contributed by atoms with Gasteiger partial charge in [-0.1, -0.05) is 48.0 Å². The van der Waals surface area contributed by atoms with Gasteiger partial charge >= 0.3 is 0 Å². The highest BCUT2D eigenvalue weighted by atomic mass is 16.5. The molecule has 5 rings (SSSR count). The molecular formula is C30H31N3O. The molecule has 0 bridgehead atoms. The Hall–Kier alpha value is -3.79. The van der Waals surface area contributed by atoms with Gasteiger partial charge in [-0.15, -0.1) is 0 Å². The molecule has 0 aliphatic carbocycles. The first kappa shape index (κ1) is 22.0. The Morgan fingerprint density at radius 2 is 1.41 bits per heavy atom. The first-order chi connectivity index (χ1) is 16.5. The molecule has 1 aliphatic rings. The van der Waals surface area contributed by atoms with Crippen LogP contribution >= 0.6 is 0 Å². The summed E-state index contributed by atoms with van der Waals surface area (Å²) in [5, 5.41) is 0. The smallest absolute Gasteiger partial charge is 0.143 e. The molecule has 4 aromatic rings. The van der Waals surface area contributed by atoms with E-state index < -0.39 is 0 Å². The zero-order valence-corrected chi connectivity index (χ0v) is 20.4. The van der Waals surface area contributed by atoms with Crippen LogP contribution in [0.1, 0.15) is 27.9 Å². The van der Waals surface area contributed by atoms with Crippen molar-refractivity contribution in [2.75, 3.05) is 23.1 Å². The maximum Gasteiger partial charge on any atom is 0.143 e. The minimum Gasteiger partial charge on any atom is -0.491 e. The summed E-state index contributed by atoms with van der Waals surface area (Å²) in [6.07, 6.45) is 2.61. The molecule has 0 fully saturated rings. The highest BCUT2D eigenvalue weighted by molar-refractivity contribution is 5.90. The van der Waals surface area contributed by atoms with Gasteiger partial charge in [0, 0.05) is 24.0 Å². The Morgan fingerprint density at radius 1 is 0.735 bits per heavy atom. The molecule has 0 amide bonds. The van der Waals surface area contributed by atoms with E-state index in [1.165, 1.54) is 39.3 Å². The van der Waals surface area contributed by atoms with E-state index in [0.29, 0.717) is 6.61 Å². The number of fused-ring (bicyclic) bond motifs is 1. The van der Waals surface area contributed by atoms with Crippen molar-refractivity contribution in [1.29, 1.82) is 0 Å². The van der Waals surface area contributed by atoms with Crippen LogP contribution in [0.2, 0.25) is 0 Å². The van der Waals surface area contributed by atoms with Crippen LogP contribution in [-0.2, 0) is 6.42 Å². The molecule has 3 aromatic carbocycles. The van der Waals surface area contributed by atoms with Gasteiger partial charge in [-0.2, -0.15) is 0 Å². The maximum atomic E-state index is 6.35. The van der Waals surface area contributed by atoms with Crippen molar-refractivity contribution in [3.8, 4) is 5.75 Å². The van der Waals surface area contributed by atoms with Crippen LogP contribution in [0.5, 0.6) is 5.75 Å². The molecule has 2 heterocycles. The Kier molecular flexibility index (Phi) is 5.97. The highest BCUT2D eigenvalue weighted by Gasteiger charge is 2.31. The number of nitrogens with zero attached hydrogens (tertiary/aromatic N) is 3. The molecule has 0 saturated heterocycles. The van der Waals surface area contributed by atoms with E-state index in [2.05, 4.69) is 97.1 Å². The zero-order valence-electron chi connectivity index (χ0n) is 20.4. The summed E-state index contributed by atoms with van der Waals surface area (Å²) in [5.41, 5.74) is 11.0. The summed E-state index contributed by atoms with van der Waals surface area (Å²) >= 11 is 0. The van der Waals surface area contributed by atoms with E-state index in [4.69, 9.17) is 4.74 Å². The summed E-state index contributed by atoms with van der Waals surface area (Å²) in [5.74, 6) is 0.907. The predicted octanol–water partition coefficient (Wildman–Crippen LogP) is 7.18. The Balaban J connectivity index is 1.50. The van der Waals surface area contributed by atoms with Gasteiger partial charge < -0.3 is 14.5 Å². The van der Waals surface area contributed by atoms with Crippen LogP contribution < -0.4 is 14.5 Å². The van der Waals surface area contributed by atoms with Crippen LogP contribution in [0, 0.1) is 27.7 Å². The second kappa shape index (κ2) is 9.22. The molecule has 0 N–H and O–H groups in total. The van der Waals surface area contributed by atoms with Crippen molar-refractivity contribution >= 4 is 22.7 Å². The van der Waals surface area contributed by atoms with Crippen molar-refractivity contribution in [2.24, 2.45) is 0 Å². The van der Waals surface area contributed by atoms with E-state index in [-0.39, 0.29) is 0 Å². The van der Waals surface area contributed by atoms with E-state index in [9.17, 15) is 0 Å². The van der Waals surface area contributed by atoms with Crippen molar-refractivity contribution < 1.29 is 4.74 Å². The lowest BCUT2D eigenvalue weighted by molar-refractivity contribution is 0.321. The number of ether oxygens (including phenoxy) is 1. The maximum absolute atomic E-state index is 6.35. The second-order valence-electron chi connectivity index (χ2n) is 9.07. The summed E-state index contributed by atoms with van der Waals surface area (Å²) in [6, 6.07) is 25.5. The van der Waals surface area contributed by atoms with Crippen LogP contribution in [0.4, 0.5) is 22.7 Å². The molecule has 172 valence electrons. The van der Waals surface area contributed by atoms with E-state index in [1.807, 2.05) is 24.4 Å². The van der Waals surface area contributed by atoms with Gasteiger partial charge in [0.25, 0.3) is 0 Å². The lowest BCUT2D eigenvalue weighted by Crippen LogP contribution is -2.26. The molecule has 1 aromatic heterocycles. The average molecular weight is 450 g/mol. The van der Waals surface area contributed by atoms with Crippen LogP contribution in [0.25, 0.3) is 0 Å². The third kappa shape index (κ3) is 4.12. The van der Waals surface area contributed by atoms with Crippen molar-refractivity contribution in [3.05, 3.63) is 107 Å². The standard InChI is InChI=1S/C30H31N3O/c1-21-18-23(3)29(24(4)19-21)32-20-33(27-13-6-5-12-26(27)32)30-22(2)10-9-14-28(30)34-17-15-25-11-7-8-16-31-25/h5-14,16,18-19H,15,17,20H2,1-4H3. The van der Waals surface area contributed by atoms with E-state index in [1.54, 1.807) is 0 Å². The minimum atomic E-state index is 0.586. The highest BCUT2D eigenvalue weighted by Crippen LogP contribution is 2.48. The minimum absolute atomic E-state index is 0.586. The monoisotopic (exact) mass is 449 g/mol. The first-order valence-corrected chi connectivity index (χ1v) is 11.9. The van der Waals surface area contributed by atoms with Gasteiger partial charge in [0.05, 0.1) is 23.7 Å². The normalized spacial score (nSPS) is 12.7. The SMILES string of the molecule is Cc1cc(C)c(N2CN(c3c(C)cccc3OCCc3ccccn3)c3ccccc32)c(C)c1. The molecule has 0 atom stereocenters. The van der Waals surface area contributed by atoms with Crippen LogP contribution in [0.3, 0.4) is 0 Å². The topological polar surface area (TPSA) is 28.6 Å². The van der Waals surface area contributed by atoms with Crippen molar-refractivity contribution in [1.82, 2.24) is 4.98 Å². The largest absolute Gasteiger partial charge is 0.491 e. The summed E-state index contributed by atoms with van der Waals surface area (Å²) in [7, 11) is 0. The third-order valence-corrected chi connectivity index (χ3v) is 6.46. The van der Waals surface area contributed by atoms with Gasteiger partial charge in [-0.25, -0.2) is 0 Å². The van der Waals surface area contributed by atoms with Crippen molar-refractivity contribution in [3.63, 3.8) is 0 Å². The summed E-state index contributed by atoms with van der Waals surface area (Å²) in [6.45, 7) is 10.1. The lowest BCUT2D eigenvalue weighted by Gasteiger charge is -2.27. The van der Waals surface area contributed by atoms with Gasteiger partial charge in [0.2, 0.25) is 0 Å². The molecule has 0 spiro atoms. The number of hydrogen-bond donors (Lipinski definition) is 0. The second-order valence-corrected chi connectivity index (χ2v) is 9.07. The molecular weight excluding hydrogens is 418 g/mol. The van der Waals surface area contributed by atoms with Crippen LogP contribution in [-0.4, -0.2) is 18.3 Å². The first-order valence-electron chi connectivity index (χ1n) is 11.9. The predicted molar refractivity (Wildman–Crippen MR) is 141 cm³/mol. The fraction of sp³-hybridized carbons (Fsp3) is 0.233. The number of pyridine rings is 1. The fourth-order valence-electron chi connectivity index (χ4n) is 5.10. The molecule has 1 aliphatic heterocycles. The number of para-hydroxylation sites is 3. The Bertz CT molecular complexity index is 1290. The Labute approximate surface area is 202 Å². The zero-order chi connectivity index (χ0) is 23.7. The summed E-state index contributed by atoms with van der Waals surface area (Å²) in [4.78, 5) is 9.25. The number of aryl methyl sites for hydroxylation is 4. The number of hydrogen-bond acceptors (Lipinski definition) is 4. The van der Waals surface area contributed by atoms with Crippen molar-refractivity contribution in [2.45, 2.75) is 34.1 Å². The number of benzene rings is 3. The fourth-order valence-corrected chi connectivity index (χ4v) is 5.10. The van der Waals surface area contributed by atoms with Gasteiger partial charge in [0.1, 0.15) is 12.4 Å². The average Bonchev–Trinajstić information content (AvgIpc) is 3.18. The molecule has 0 saturated carbocycles.